The first-order valence-corrected chi connectivity index (χ1v) is 6.18. The number of anilines is 1. The molecule has 2 aromatic rings. The maximum Gasteiger partial charge on any atom is 0.129 e. The average Bonchev–Trinajstić information content (AvgIpc) is 2.67. The Bertz CT molecular complexity index is 505. The first-order valence-electron chi connectivity index (χ1n) is 6.18. The third-order valence-electron chi connectivity index (χ3n) is 2.91. The Balaban J connectivity index is 2.33. The summed E-state index contributed by atoms with van der Waals surface area (Å²) in [5.74, 6) is 0.702. The van der Waals surface area contributed by atoms with Crippen molar-refractivity contribution >= 4 is 5.82 Å². The number of hydrogen-bond donors (Lipinski definition) is 1. The fourth-order valence-electron chi connectivity index (χ4n) is 2.00. The van der Waals surface area contributed by atoms with Crippen molar-refractivity contribution < 1.29 is 4.74 Å². The Morgan fingerprint density at radius 1 is 1.28 bits per heavy atom. The number of aryl methyl sites for hydroxylation is 1. The number of aromatic nitrogens is 2. The van der Waals surface area contributed by atoms with E-state index in [9.17, 15) is 0 Å². The summed E-state index contributed by atoms with van der Waals surface area (Å²) in [4.78, 5) is 0. The lowest BCUT2D eigenvalue weighted by molar-refractivity contribution is 0.150. The molecule has 0 saturated heterocycles. The lowest BCUT2D eigenvalue weighted by Crippen LogP contribution is -2.00. The summed E-state index contributed by atoms with van der Waals surface area (Å²) >= 11 is 0. The van der Waals surface area contributed by atoms with Gasteiger partial charge in [-0.1, -0.05) is 30.3 Å². The molecular weight excluding hydrogens is 226 g/mol. The van der Waals surface area contributed by atoms with Crippen molar-refractivity contribution in [3.8, 4) is 11.1 Å². The van der Waals surface area contributed by atoms with Crippen LogP contribution in [0.15, 0.2) is 30.3 Å². The van der Waals surface area contributed by atoms with Crippen LogP contribution in [0.4, 0.5) is 5.82 Å². The highest BCUT2D eigenvalue weighted by molar-refractivity contribution is 5.76. The van der Waals surface area contributed by atoms with Gasteiger partial charge in [0, 0.05) is 25.6 Å². The molecule has 0 aliphatic rings. The smallest absolute Gasteiger partial charge is 0.129 e. The summed E-state index contributed by atoms with van der Waals surface area (Å²) in [6.07, 6.45) is 0.781. The van der Waals surface area contributed by atoms with E-state index in [1.807, 2.05) is 32.2 Å². The van der Waals surface area contributed by atoms with E-state index in [0.29, 0.717) is 12.4 Å². The van der Waals surface area contributed by atoms with Gasteiger partial charge in [0.25, 0.3) is 0 Å². The van der Waals surface area contributed by atoms with E-state index in [2.05, 4.69) is 17.2 Å². The normalized spacial score (nSPS) is 10.8. The monoisotopic (exact) mass is 245 g/mol. The van der Waals surface area contributed by atoms with Crippen LogP contribution in [-0.2, 0) is 18.2 Å². The molecular formula is C14H19N3O. The molecule has 0 unspecified atom stereocenters. The van der Waals surface area contributed by atoms with Crippen LogP contribution >= 0.6 is 0 Å². The Labute approximate surface area is 107 Å². The summed E-state index contributed by atoms with van der Waals surface area (Å²) in [6, 6.07) is 10.1. The Kier molecular flexibility index (Phi) is 3.99. The summed E-state index contributed by atoms with van der Waals surface area (Å²) in [5, 5.41) is 4.47. The Morgan fingerprint density at radius 2 is 2.00 bits per heavy atom. The predicted octanol–water partition coefficient (Wildman–Crippen LogP) is 2.25. The van der Waals surface area contributed by atoms with Gasteiger partial charge >= 0.3 is 0 Å². The SMILES string of the molecule is CCOCCc1nn(C)c(N)c1-c1ccccc1. The number of nitrogens with zero attached hydrogens (tertiary/aromatic N) is 2. The van der Waals surface area contributed by atoms with Crippen molar-refractivity contribution in [2.75, 3.05) is 18.9 Å². The second kappa shape index (κ2) is 5.69. The highest BCUT2D eigenvalue weighted by Crippen LogP contribution is 2.29. The molecule has 0 saturated carbocycles. The van der Waals surface area contributed by atoms with E-state index in [-0.39, 0.29) is 0 Å². The lowest BCUT2D eigenvalue weighted by Gasteiger charge is -2.04. The first-order chi connectivity index (χ1) is 8.74. The van der Waals surface area contributed by atoms with Gasteiger partial charge in [0.1, 0.15) is 5.82 Å². The van der Waals surface area contributed by atoms with Crippen molar-refractivity contribution in [2.24, 2.45) is 7.05 Å². The van der Waals surface area contributed by atoms with E-state index in [4.69, 9.17) is 10.5 Å². The molecule has 0 aliphatic heterocycles. The molecule has 18 heavy (non-hydrogen) atoms. The summed E-state index contributed by atoms with van der Waals surface area (Å²) in [5.41, 5.74) is 9.23. The molecule has 96 valence electrons. The van der Waals surface area contributed by atoms with E-state index < -0.39 is 0 Å². The minimum absolute atomic E-state index is 0.673. The molecule has 0 radical (unpaired) electrons. The fourth-order valence-corrected chi connectivity index (χ4v) is 2.00. The van der Waals surface area contributed by atoms with Gasteiger partial charge in [-0.3, -0.25) is 4.68 Å². The molecule has 0 fully saturated rings. The molecule has 0 bridgehead atoms. The van der Waals surface area contributed by atoms with Gasteiger partial charge in [-0.2, -0.15) is 5.10 Å². The van der Waals surface area contributed by atoms with Gasteiger partial charge < -0.3 is 10.5 Å². The number of rotatable bonds is 5. The van der Waals surface area contributed by atoms with Crippen LogP contribution in [-0.4, -0.2) is 23.0 Å². The summed E-state index contributed by atoms with van der Waals surface area (Å²) in [7, 11) is 1.87. The van der Waals surface area contributed by atoms with Crippen LogP contribution in [0.3, 0.4) is 0 Å². The molecule has 0 aliphatic carbocycles. The van der Waals surface area contributed by atoms with E-state index in [1.165, 1.54) is 0 Å². The van der Waals surface area contributed by atoms with Crippen LogP contribution in [0.1, 0.15) is 12.6 Å². The number of nitrogen functional groups attached to an aromatic ring is 1. The number of hydrogen-bond acceptors (Lipinski definition) is 3. The second-order valence-corrected chi connectivity index (χ2v) is 4.14. The molecule has 2 rings (SSSR count). The standard InChI is InChI=1S/C14H19N3O/c1-3-18-10-9-12-13(14(15)17(2)16-12)11-7-5-4-6-8-11/h4-8H,3,9-10,15H2,1-2H3. The zero-order valence-electron chi connectivity index (χ0n) is 10.9. The number of nitrogens with two attached hydrogens (primary N) is 1. The fraction of sp³-hybridized carbons (Fsp3) is 0.357. The number of benzene rings is 1. The van der Waals surface area contributed by atoms with Crippen LogP contribution in [0.25, 0.3) is 11.1 Å². The van der Waals surface area contributed by atoms with Gasteiger partial charge in [0.15, 0.2) is 0 Å². The van der Waals surface area contributed by atoms with Crippen molar-refractivity contribution in [2.45, 2.75) is 13.3 Å². The maximum atomic E-state index is 6.10. The topological polar surface area (TPSA) is 53.1 Å². The van der Waals surface area contributed by atoms with Crippen LogP contribution in [0.5, 0.6) is 0 Å². The van der Waals surface area contributed by atoms with Crippen molar-refractivity contribution in [3.63, 3.8) is 0 Å². The molecule has 1 aromatic heterocycles. The molecule has 0 atom stereocenters. The zero-order chi connectivity index (χ0) is 13.0. The van der Waals surface area contributed by atoms with E-state index >= 15 is 0 Å². The van der Waals surface area contributed by atoms with Gasteiger partial charge in [-0.25, -0.2) is 0 Å². The van der Waals surface area contributed by atoms with Gasteiger partial charge in [0.2, 0.25) is 0 Å². The van der Waals surface area contributed by atoms with Crippen LogP contribution in [0.2, 0.25) is 0 Å². The molecule has 0 amide bonds. The third kappa shape index (κ3) is 2.54. The van der Waals surface area contributed by atoms with Crippen molar-refractivity contribution in [3.05, 3.63) is 36.0 Å². The zero-order valence-corrected chi connectivity index (χ0v) is 10.9. The molecule has 1 heterocycles. The molecule has 2 N–H and O–H groups in total. The van der Waals surface area contributed by atoms with E-state index in [0.717, 1.165) is 29.8 Å². The second-order valence-electron chi connectivity index (χ2n) is 4.14. The quantitative estimate of drug-likeness (QED) is 0.822. The first kappa shape index (κ1) is 12.6. The van der Waals surface area contributed by atoms with Crippen molar-refractivity contribution in [1.82, 2.24) is 9.78 Å². The van der Waals surface area contributed by atoms with Crippen LogP contribution < -0.4 is 5.73 Å². The van der Waals surface area contributed by atoms with Gasteiger partial charge in [-0.05, 0) is 12.5 Å². The summed E-state index contributed by atoms with van der Waals surface area (Å²) < 4.78 is 7.11. The minimum atomic E-state index is 0.673. The van der Waals surface area contributed by atoms with Gasteiger partial charge in [0.05, 0.1) is 12.3 Å². The van der Waals surface area contributed by atoms with Gasteiger partial charge in [-0.15, -0.1) is 0 Å². The molecule has 4 nitrogen and oxygen atoms in total. The highest BCUT2D eigenvalue weighted by Gasteiger charge is 2.14. The minimum Gasteiger partial charge on any atom is -0.383 e. The third-order valence-corrected chi connectivity index (χ3v) is 2.91. The number of ether oxygens (including phenoxy) is 1. The summed E-state index contributed by atoms with van der Waals surface area (Å²) in [6.45, 7) is 3.39. The largest absolute Gasteiger partial charge is 0.383 e. The lowest BCUT2D eigenvalue weighted by atomic mass is 10.0. The van der Waals surface area contributed by atoms with Crippen molar-refractivity contribution in [1.29, 1.82) is 0 Å². The molecule has 0 spiro atoms. The maximum absolute atomic E-state index is 6.10. The Morgan fingerprint density at radius 3 is 2.67 bits per heavy atom. The highest BCUT2D eigenvalue weighted by atomic mass is 16.5. The predicted molar refractivity (Wildman–Crippen MR) is 73.3 cm³/mol. The van der Waals surface area contributed by atoms with E-state index in [1.54, 1.807) is 4.68 Å². The van der Waals surface area contributed by atoms with Crippen LogP contribution in [0, 0.1) is 0 Å². The Hall–Kier alpha value is -1.81. The average molecular weight is 245 g/mol. The molecule has 1 aromatic carbocycles. The molecule has 4 heteroatoms.